The van der Waals surface area contributed by atoms with Gasteiger partial charge in [-0.2, -0.15) is 5.10 Å². The Morgan fingerprint density at radius 3 is 2.07 bits per heavy atom. The van der Waals surface area contributed by atoms with Gasteiger partial charge >= 0.3 is 0 Å². The first-order valence-electron chi connectivity index (χ1n) is 8.94. The third kappa shape index (κ3) is 4.82. The quantitative estimate of drug-likeness (QED) is 0.504. The molecule has 0 radical (unpaired) electrons. The lowest BCUT2D eigenvalue weighted by Gasteiger charge is -2.16. The van der Waals surface area contributed by atoms with Gasteiger partial charge in [0.25, 0.3) is 5.91 Å². The number of nitrogens with zero attached hydrogens (tertiary/aromatic N) is 1. The minimum Gasteiger partial charge on any atom is -0.493 e. The van der Waals surface area contributed by atoms with Crippen molar-refractivity contribution in [3.63, 3.8) is 0 Å². The molecular formula is C23H22N2O2. The fraction of sp³-hybridized carbons (Fsp3) is 0.130. The van der Waals surface area contributed by atoms with Crippen molar-refractivity contribution in [1.29, 1.82) is 0 Å². The van der Waals surface area contributed by atoms with E-state index in [2.05, 4.69) is 10.5 Å². The summed E-state index contributed by atoms with van der Waals surface area (Å²) < 4.78 is 5.58. The molecule has 0 fully saturated rings. The number of carbonyl (C=O) groups excluding carboxylic acids is 1. The maximum absolute atomic E-state index is 12.9. The first-order chi connectivity index (χ1) is 13.3. The Morgan fingerprint density at radius 1 is 0.926 bits per heavy atom. The van der Waals surface area contributed by atoms with Gasteiger partial charge in [-0.25, -0.2) is 5.43 Å². The van der Waals surface area contributed by atoms with Crippen LogP contribution in [-0.4, -0.2) is 18.7 Å². The summed E-state index contributed by atoms with van der Waals surface area (Å²) in [5.74, 6) is 0.130. The molecule has 0 spiro atoms. The Morgan fingerprint density at radius 2 is 1.48 bits per heavy atom. The predicted octanol–water partition coefficient (Wildman–Crippen LogP) is 4.37. The molecule has 0 atom stereocenters. The van der Waals surface area contributed by atoms with E-state index in [1.54, 1.807) is 6.21 Å². The molecule has 0 aliphatic rings. The van der Waals surface area contributed by atoms with Crippen molar-refractivity contribution in [1.82, 2.24) is 5.43 Å². The van der Waals surface area contributed by atoms with Gasteiger partial charge in [0.1, 0.15) is 5.75 Å². The van der Waals surface area contributed by atoms with E-state index in [0.29, 0.717) is 6.61 Å². The molecule has 0 aromatic heterocycles. The predicted molar refractivity (Wildman–Crippen MR) is 108 cm³/mol. The average molecular weight is 358 g/mol. The molecule has 1 N–H and O–H groups in total. The Hall–Kier alpha value is -3.40. The van der Waals surface area contributed by atoms with Crippen molar-refractivity contribution < 1.29 is 9.53 Å². The zero-order valence-electron chi connectivity index (χ0n) is 15.2. The van der Waals surface area contributed by atoms with Crippen LogP contribution in [0.5, 0.6) is 5.75 Å². The summed E-state index contributed by atoms with van der Waals surface area (Å²) in [6.07, 6.45) is 1.61. The van der Waals surface area contributed by atoms with Crippen LogP contribution < -0.4 is 10.2 Å². The first-order valence-corrected chi connectivity index (χ1v) is 8.94. The second kappa shape index (κ2) is 9.34. The molecule has 1 amide bonds. The van der Waals surface area contributed by atoms with Crippen LogP contribution in [0.2, 0.25) is 0 Å². The molecule has 27 heavy (non-hydrogen) atoms. The lowest BCUT2D eigenvalue weighted by Crippen LogP contribution is -2.26. The summed E-state index contributed by atoms with van der Waals surface area (Å²) in [5.41, 5.74) is 5.33. The van der Waals surface area contributed by atoms with E-state index in [1.807, 2.05) is 91.9 Å². The van der Waals surface area contributed by atoms with Crippen molar-refractivity contribution in [2.24, 2.45) is 5.10 Å². The van der Waals surface area contributed by atoms with Crippen molar-refractivity contribution in [2.45, 2.75) is 12.8 Å². The number of nitrogens with one attached hydrogen (secondary N) is 1. The highest BCUT2D eigenvalue weighted by Gasteiger charge is 2.22. The third-order valence-corrected chi connectivity index (χ3v) is 4.13. The van der Waals surface area contributed by atoms with E-state index in [1.165, 1.54) is 0 Å². The van der Waals surface area contributed by atoms with E-state index in [9.17, 15) is 4.79 Å². The normalized spacial score (nSPS) is 10.9. The highest BCUT2D eigenvalue weighted by atomic mass is 16.5. The molecule has 4 heteroatoms. The van der Waals surface area contributed by atoms with Crippen LogP contribution >= 0.6 is 0 Å². The van der Waals surface area contributed by atoms with Gasteiger partial charge in [-0.05, 0) is 30.2 Å². The summed E-state index contributed by atoms with van der Waals surface area (Å²) in [5, 5.41) is 4.15. The standard InChI is InChI=1S/C23H22N2O2/c1-2-27-21-16-10-9-15-20(21)17-24-25-23(26)22(18-11-5-3-6-12-18)19-13-7-4-8-14-19/h3-17,22H,2H2,1H3,(H,25,26)/b24-17+. The molecule has 4 nitrogen and oxygen atoms in total. The number of rotatable bonds is 7. The van der Waals surface area contributed by atoms with Crippen molar-refractivity contribution in [2.75, 3.05) is 6.61 Å². The molecule has 0 heterocycles. The fourth-order valence-electron chi connectivity index (χ4n) is 2.89. The third-order valence-electron chi connectivity index (χ3n) is 4.13. The molecule has 0 aliphatic carbocycles. The summed E-state index contributed by atoms with van der Waals surface area (Å²) in [6, 6.07) is 27.0. The zero-order chi connectivity index (χ0) is 18.9. The molecule has 0 saturated heterocycles. The summed E-state index contributed by atoms with van der Waals surface area (Å²) in [7, 11) is 0. The van der Waals surface area contributed by atoms with Crippen LogP contribution in [0.15, 0.2) is 90.0 Å². The topological polar surface area (TPSA) is 50.7 Å². The Bertz CT molecular complexity index is 853. The van der Waals surface area contributed by atoms with Gasteiger partial charge in [0, 0.05) is 5.56 Å². The number of para-hydroxylation sites is 1. The molecule has 136 valence electrons. The van der Waals surface area contributed by atoms with Gasteiger partial charge in [0.2, 0.25) is 0 Å². The number of ether oxygens (including phenoxy) is 1. The molecule has 0 bridgehead atoms. The maximum Gasteiger partial charge on any atom is 0.252 e. The van der Waals surface area contributed by atoms with Gasteiger partial charge in [0.05, 0.1) is 18.7 Å². The van der Waals surface area contributed by atoms with Gasteiger partial charge in [-0.1, -0.05) is 72.8 Å². The zero-order valence-corrected chi connectivity index (χ0v) is 15.2. The van der Waals surface area contributed by atoms with Gasteiger partial charge in [0.15, 0.2) is 0 Å². The number of amides is 1. The minimum atomic E-state index is -0.424. The van der Waals surface area contributed by atoms with Crippen LogP contribution in [0.3, 0.4) is 0 Å². The van der Waals surface area contributed by atoms with Crippen LogP contribution in [0, 0.1) is 0 Å². The summed E-state index contributed by atoms with van der Waals surface area (Å²) >= 11 is 0. The largest absolute Gasteiger partial charge is 0.493 e. The lowest BCUT2D eigenvalue weighted by atomic mass is 9.91. The van der Waals surface area contributed by atoms with E-state index in [0.717, 1.165) is 22.4 Å². The Balaban J connectivity index is 1.80. The number of benzene rings is 3. The van der Waals surface area contributed by atoms with Crippen molar-refractivity contribution in [3.05, 3.63) is 102 Å². The van der Waals surface area contributed by atoms with Gasteiger partial charge < -0.3 is 4.74 Å². The van der Waals surface area contributed by atoms with Gasteiger partial charge in [-0.3, -0.25) is 4.79 Å². The number of hydrogen-bond donors (Lipinski definition) is 1. The van der Waals surface area contributed by atoms with Crippen molar-refractivity contribution >= 4 is 12.1 Å². The van der Waals surface area contributed by atoms with Crippen molar-refractivity contribution in [3.8, 4) is 5.75 Å². The smallest absolute Gasteiger partial charge is 0.252 e. The van der Waals surface area contributed by atoms with Gasteiger partial charge in [-0.15, -0.1) is 0 Å². The lowest BCUT2D eigenvalue weighted by molar-refractivity contribution is -0.121. The molecule has 0 unspecified atom stereocenters. The SMILES string of the molecule is CCOc1ccccc1/C=N/NC(=O)C(c1ccccc1)c1ccccc1. The maximum atomic E-state index is 12.9. The molecule has 0 aliphatic heterocycles. The van der Waals surface area contributed by atoms with Crippen LogP contribution in [0.25, 0.3) is 0 Å². The second-order valence-electron chi connectivity index (χ2n) is 5.96. The number of hydrogen-bond acceptors (Lipinski definition) is 3. The van der Waals surface area contributed by atoms with Crippen LogP contribution in [0.1, 0.15) is 29.5 Å². The summed E-state index contributed by atoms with van der Waals surface area (Å²) in [6.45, 7) is 2.50. The van der Waals surface area contributed by atoms with E-state index >= 15 is 0 Å². The Labute approximate surface area is 159 Å². The van der Waals surface area contributed by atoms with E-state index < -0.39 is 5.92 Å². The van der Waals surface area contributed by atoms with Crippen LogP contribution in [-0.2, 0) is 4.79 Å². The number of hydrazone groups is 1. The average Bonchev–Trinajstić information content (AvgIpc) is 2.71. The van der Waals surface area contributed by atoms with E-state index in [-0.39, 0.29) is 5.91 Å². The molecular weight excluding hydrogens is 336 g/mol. The van der Waals surface area contributed by atoms with E-state index in [4.69, 9.17) is 4.74 Å². The summed E-state index contributed by atoms with van der Waals surface area (Å²) in [4.78, 5) is 12.9. The number of carbonyl (C=O) groups is 1. The highest BCUT2D eigenvalue weighted by molar-refractivity contribution is 5.89. The monoisotopic (exact) mass is 358 g/mol. The highest BCUT2D eigenvalue weighted by Crippen LogP contribution is 2.24. The first kappa shape index (κ1) is 18.4. The molecule has 0 saturated carbocycles. The fourth-order valence-corrected chi connectivity index (χ4v) is 2.89. The minimum absolute atomic E-state index is 0.183. The Kier molecular flexibility index (Phi) is 6.36. The molecule has 3 aromatic carbocycles. The molecule has 3 aromatic rings. The molecule has 3 rings (SSSR count). The van der Waals surface area contributed by atoms with Crippen LogP contribution in [0.4, 0.5) is 0 Å². The second-order valence-corrected chi connectivity index (χ2v) is 5.96.